The van der Waals surface area contributed by atoms with E-state index in [1.807, 2.05) is 24.3 Å². The largest absolute Gasteiger partial charge is 0.490 e. The van der Waals surface area contributed by atoms with E-state index in [0.29, 0.717) is 5.92 Å². The minimum atomic E-state index is 0.460. The molecular weight excluding hydrogens is 262 g/mol. The second-order valence-corrected chi connectivity index (χ2v) is 5.40. The molecule has 3 heteroatoms. The molecule has 0 spiro atoms. The molecule has 0 aromatic heterocycles. The van der Waals surface area contributed by atoms with Gasteiger partial charge in [-0.25, -0.2) is 0 Å². The predicted octanol–water partition coefficient (Wildman–Crippen LogP) is 4.06. The van der Waals surface area contributed by atoms with E-state index in [1.165, 1.54) is 5.56 Å². The van der Waals surface area contributed by atoms with Gasteiger partial charge in [0.05, 0.1) is 13.2 Å². The lowest BCUT2D eigenvalue weighted by Gasteiger charge is -2.15. The maximum absolute atomic E-state index is 5.72. The molecular formula is C18H21NO2. The molecule has 2 aromatic carbocycles. The standard InChI is InChI=1S/C18H21NO2/c1-14(15-6-3-2-4-7-15)13-19-16-8-9-17-18(12-16)21-11-5-10-20-17/h2-4,6-9,12,14,19H,5,10-11,13H2,1H3. The molecule has 1 aliphatic rings. The minimum absolute atomic E-state index is 0.460. The Bertz CT molecular complexity index is 583. The lowest BCUT2D eigenvalue weighted by atomic mass is 10.0. The number of hydrogen-bond donors (Lipinski definition) is 1. The summed E-state index contributed by atoms with van der Waals surface area (Å²) in [6.07, 6.45) is 0.933. The third-order valence-electron chi connectivity index (χ3n) is 3.73. The number of nitrogens with one attached hydrogen (secondary N) is 1. The molecule has 0 saturated carbocycles. The molecule has 1 N–H and O–H groups in total. The molecule has 0 radical (unpaired) electrons. The van der Waals surface area contributed by atoms with Gasteiger partial charge in [0.2, 0.25) is 0 Å². The monoisotopic (exact) mass is 283 g/mol. The Labute approximate surface area is 125 Å². The van der Waals surface area contributed by atoms with Crippen LogP contribution in [-0.2, 0) is 0 Å². The smallest absolute Gasteiger partial charge is 0.163 e. The van der Waals surface area contributed by atoms with Crippen LogP contribution in [-0.4, -0.2) is 19.8 Å². The van der Waals surface area contributed by atoms with E-state index in [0.717, 1.165) is 43.4 Å². The summed E-state index contributed by atoms with van der Waals surface area (Å²) in [7, 11) is 0. The first-order chi connectivity index (χ1) is 10.3. The first kappa shape index (κ1) is 13.8. The van der Waals surface area contributed by atoms with Crippen LogP contribution in [0.15, 0.2) is 48.5 Å². The topological polar surface area (TPSA) is 30.5 Å². The Morgan fingerprint density at radius 1 is 1.00 bits per heavy atom. The molecule has 1 atom stereocenters. The summed E-state index contributed by atoms with van der Waals surface area (Å²) in [4.78, 5) is 0. The lowest BCUT2D eigenvalue weighted by Crippen LogP contribution is -2.09. The van der Waals surface area contributed by atoms with Crippen molar-refractivity contribution >= 4 is 5.69 Å². The van der Waals surface area contributed by atoms with Gasteiger partial charge in [0.25, 0.3) is 0 Å². The molecule has 2 aromatic rings. The zero-order chi connectivity index (χ0) is 14.5. The van der Waals surface area contributed by atoms with Gasteiger partial charge in [-0.15, -0.1) is 0 Å². The second-order valence-electron chi connectivity index (χ2n) is 5.40. The highest BCUT2D eigenvalue weighted by molar-refractivity contribution is 5.55. The number of rotatable bonds is 4. The molecule has 110 valence electrons. The predicted molar refractivity (Wildman–Crippen MR) is 85.4 cm³/mol. The normalized spacial score (nSPS) is 15.1. The molecule has 0 amide bonds. The molecule has 0 saturated heterocycles. The zero-order valence-corrected chi connectivity index (χ0v) is 12.3. The molecule has 1 unspecified atom stereocenters. The van der Waals surface area contributed by atoms with E-state index < -0.39 is 0 Å². The van der Waals surface area contributed by atoms with Gasteiger partial charge in [-0.05, 0) is 23.6 Å². The van der Waals surface area contributed by atoms with Crippen LogP contribution < -0.4 is 14.8 Å². The van der Waals surface area contributed by atoms with Gasteiger partial charge >= 0.3 is 0 Å². The van der Waals surface area contributed by atoms with Crippen LogP contribution >= 0.6 is 0 Å². The summed E-state index contributed by atoms with van der Waals surface area (Å²) < 4.78 is 11.4. The van der Waals surface area contributed by atoms with Gasteiger partial charge < -0.3 is 14.8 Å². The highest BCUT2D eigenvalue weighted by Gasteiger charge is 2.11. The average Bonchev–Trinajstić information content (AvgIpc) is 2.78. The fourth-order valence-corrected chi connectivity index (χ4v) is 2.44. The van der Waals surface area contributed by atoms with Gasteiger partial charge in [-0.2, -0.15) is 0 Å². The molecule has 1 heterocycles. The summed E-state index contributed by atoms with van der Waals surface area (Å²) in [5.41, 5.74) is 2.42. The highest BCUT2D eigenvalue weighted by Crippen LogP contribution is 2.32. The first-order valence-electron chi connectivity index (χ1n) is 7.51. The van der Waals surface area contributed by atoms with Crippen LogP contribution in [0.3, 0.4) is 0 Å². The highest BCUT2D eigenvalue weighted by atomic mass is 16.5. The van der Waals surface area contributed by atoms with Crippen LogP contribution in [0.4, 0.5) is 5.69 Å². The quantitative estimate of drug-likeness (QED) is 0.917. The van der Waals surface area contributed by atoms with E-state index in [4.69, 9.17) is 9.47 Å². The summed E-state index contributed by atoms with van der Waals surface area (Å²) in [6.45, 7) is 4.57. The minimum Gasteiger partial charge on any atom is -0.490 e. The van der Waals surface area contributed by atoms with Gasteiger partial charge in [-0.1, -0.05) is 37.3 Å². The number of anilines is 1. The molecule has 0 aliphatic carbocycles. The molecule has 0 bridgehead atoms. The molecule has 1 aliphatic heterocycles. The van der Waals surface area contributed by atoms with Crippen LogP contribution in [0.5, 0.6) is 11.5 Å². The van der Waals surface area contributed by atoms with Gasteiger partial charge in [0.1, 0.15) is 0 Å². The zero-order valence-electron chi connectivity index (χ0n) is 12.3. The van der Waals surface area contributed by atoms with Crippen LogP contribution in [0.1, 0.15) is 24.8 Å². The maximum atomic E-state index is 5.72. The Morgan fingerprint density at radius 3 is 2.57 bits per heavy atom. The number of ether oxygens (including phenoxy) is 2. The lowest BCUT2D eigenvalue weighted by molar-refractivity contribution is 0.297. The van der Waals surface area contributed by atoms with Crippen molar-refractivity contribution in [2.45, 2.75) is 19.3 Å². The van der Waals surface area contributed by atoms with E-state index >= 15 is 0 Å². The Balaban J connectivity index is 1.64. The van der Waals surface area contributed by atoms with Crippen LogP contribution in [0, 0.1) is 0 Å². The molecule has 3 nitrogen and oxygen atoms in total. The molecule has 3 rings (SSSR count). The molecule has 0 fully saturated rings. The van der Waals surface area contributed by atoms with Gasteiger partial charge in [-0.3, -0.25) is 0 Å². The first-order valence-corrected chi connectivity index (χ1v) is 7.51. The van der Waals surface area contributed by atoms with Crippen molar-refractivity contribution in [1.82, 2.24) is 0 Å². The fourth-order valence-electron chi connectivity index (χ4n) is 2.44. The summed E-state index contributed by atoms with van der Waals surface area (Å²) in [6, 6.07) is 16.6. The Kier molecular flexibility index (Phi) is 4.29. The van der Waals surface area contributed by atoms with Crippen molar-refractivity contribution in [2.24, 2.45) is 0 Å². The van der Waals surface area contributed by atoms with Crippen molar-refractivity contribution < 1.29 is 9.47 Å². The van der Waals surface area contributed by atoms with Crippen LogP contribution in [0.2, 0.25) is 0 Å². The fraction of sp³-hybridized carbons (Fsp3) is 0.333. The third-order valence-corrected chi connectivity index (χ3v) is 3.73. The summed E-state index contributed by atoms with van der Waals surface area (Å²) >= 11 is 0. The summed E-state index contributed by atoms with van der Waals surface area (Å²) in [5, 5.41) is 3.48. The number of benzene rings is 2. The van der Waals surface area contributed by atoms with Crippen molar-refractivity contribution in [1.29, 1.82) is 0 Å². The van der Waals surface area contributed by atoms with Crippen molar-refractivity contribution in [2.75, 3.05) is 25.1 Å². The van der Waals surface area contributed by atoms with E-state index in [1.54, 1.807) is 0 Å². The number of fused-ring (bicyclic) bond motifs is 1. The third kappa shape index (κ3) is 3.48. The maximum Gasteiger partial charge on any atom is 0.163 e. The van der Waals surface area contributed by atoms with E-state index in [9.17, 15) is 0 Å². The number of hydrogen-bond acceptors (Lipinski definition) is 3. The van der Waals surface area contributed by atoms with Crippen molar-refractivity contribution in [3.63, 3.8) is 0 Å². The SMILES string of the molecule is CC(CNc1ccc2c(c1)OCCCO2)c1ccccc1. The van der Waals surface area contributed by atoms with Gasteiger partial charge in [0.15, 0.2) is 11.5 Å². The van der Waals surface area contributed by atoms with Crippen LogP contribution in [0.25, 0.3) is 0 Å². The second kappa shape index (κ2) is 6.53. The van der Waals surface area contributed by atoms with E-state index in [2.05, 4.69) is 36.5 Å². The molecule has 21 heavy (non-hydrogen) atoms. The van der Waals surface area contributed by atoms with Crippen molar-refractivity contribution in [3.8, 4) is 11.5 Å². The van der Waals surface area contributed by atoms with Gasteiger partial charge in [0, 0.05) is 24.7 Å². The Hall–Kier alpha value is -2.16. The Morgan fingerprint density at radius 2 is 1.76 bits per heavy atom. The summed E-state index contributed by atoms with van der Waals surface area (Å²) in [5.74, 6) is 2.14. The van der Waals surface area contributed by atoms with Crippen molar-refractivity contribution in [3.05, 3.63) is 54.1 Å². The average molecular weight is 283 g/mol. The van der Waals surface area contributed by atoms with E-state index in [-0.39, 0.29) is 0 Å².